The number of hydrogen-bond acceptors (Lipinski definition) is 0. The van der Waals surface area contributed by atoms with Crippen molar-refractivity contribution in [3.8, 4) is 0 Å². The van der Waals surface area contributed by atoms with E-state index in [2.05, 4.69) is 15.1 Å². The van der Waals surface area contributed by atoms with Crippen LogP contribution in [0.1, 0.15) is 0 Å². The van der Waals surface area contributed by atoms with Crippen LogP contribution in [0.5, 0.6) is 0 Å². The van der Waals surface area contributed by atoms with Crippen molar-refractivity contribution < 1.29 is 22.0 Å². The van der Waals surface area contributed by atoms with Crippen molar-refractivity contribution >= 4 is 31.2 Å². The van der Waals surface area contributed by atoms with E-state index in [0.717, 1.165) is 0 Å². The summed E-state index contributed by atoms with van der Waals surface area (Å²) in [5.41, 5.74) is -4.61. The van der Waals surface area contributed by atoms with Crippen LogP contribution in [0.15, 0.2) is 60.7 Å². The molecule has 2 aromatic carbocycles. The maximum atomic E-state index is 14.8. The van der Waals surface area contributed by atoms with Gasteiger partial charge in [0.05, 0.1) is 0 Å². The molecule has 2 aromatic rings. The fraction of sp³-hybridized carbons (Fsp3) is 0.333. The first kappa shape index (κ1) is 18.8. The van der Waals surface area contributed by atoms with E-state index in [1.54, 1.807) is 60.7 Å². The van der Waals surface area contributed by atoms with Gasteiger partial charge >= 0.3 is 150 Å². The van der Waals surface area contributed by atoms with Gasteiger partial charge in [-0.1, -0.05) is 0 Å². The molecule has 3 rings (SSSR count). The summed E-state index contributed by atoms with van der Waals surface area (Å²) >= 11 is 2.88. The molecular formula is C18H16F5PSe. The van der Waals surface area contributed by atoms with Gasteiger partial charge in [-0.3, -0.25) is 0 Å². The molecule has 7 heteroatoms. The van der Waals surface area contributed by atoms with E-state index in [0.29, 0.717) is 10.6 Å². The fourth-order valence-corrected chi connectivity index (χ4v) is 9.62. The number of hydrogen-bond donors (Lipinski definition) is 0. The molecule has 4 atom stereocenters. The molecule has 1 aliphatic rings. The van der Waals surface area contributed by atoms with Gasteiger partial charge in [-0.25, -0.2) is 0 Å². The summed E-state index contributed by atoms with van der Waals surface area (Å²) in [5.74, 6) is 0. The Hall–Kier alpha value is -0.961. The zero-order chi connectivity index (χ0) is 18.2. The van der Waals surface area contributed by atoms with Crippen LogP contribution in [-0.4, -0.2) is 51.6 Å². The first-order valence-corrected chi connectivity index (χ1v) is 11.9. The van der Waals surface area contributed by atoms with E-state index >= 15 is 0 Å². The summed E-state index contributed by atoms with van der Waals surface area (Å²) in [6.07, 6.45) is -13.0. The van der Waals surface area contributed by atoms with Crippen LogP contribution in [0.25, 0.3) is 0 Å². The Labute approximate surface area is 150 Å². The van der Waals surface area contributed by atoms with Crippen LogP contribution in [0.3, 0.4) is 0 Å². The predicted octanol–water partition coefficient (Wildman–Crippen LogP) is 3.81. The standard InChI is InChI=1S/C18H16F5PSe/c19-13-14(20)16(22)18(17(23)15(13)21)24(25,11-7-3-1-4-8-11)12-9-5-2-6-10-12/h1-10,13-18H. The first-order chi connectivity index (χ1) is 11.9. The molecule has 0 aromatic heterocycles. The van der Waals surface area contributed by atoms with Gasteiger partial charge in [-0.05, 0) is 0 Å². The second kappa shape index (κ2) is 7.34. The van der Waals surface area contributed by atoms with Gasteiger partial charge in [0.15, 0.2) is 0 Å². The molecule has 1 saturated carbocycles. The number of alkyl halides is 5. The molecule has 0 radical (unpaired) electrons. The second-order valence-electron chi connectivity index (χ2n) is 6.04. The third kappa shape index (κ3) is 3.13. The summed E-state index contributed by atoms with van der Waals surface area (Å²) in [4.78, 5) is 0. The van der Waals surface area contributed by atoms with Crippen molar-refractivity contribution in [2.45, 2.75) is 36.5 Å². The van der Waals surface area contributed by atoms with E-state index < -0.39 is 42.0 Å². The molecular weight excluding hydrogens is 421 g/mol. The summed E-state index contributed by atoms with van der Waals surface area (Å²) in [5, 5.41) is 1.15. The van der Waals surface area contributed by atoms with Crippen LogP contribution in [0, 0.1) is 0 Å². The molecule has 1 fully saturated rings. The Morgan fingerprint density at radius 1 is 0.560 bits per heavy atom. The molecule has 0 heterocycles. The third-order valence-electron chi connectivity index (χ3n) is 4.57. The Kier molecular flexibility index (Phi) is 5.53. The van der Waals surface area contributed by atoms with E-state index in [4.69, 9.17) is 0 Å². The summed E-state index contributed by atoms with van der Waals surface area (Å²) in [7, 11) is 0. The Bertz CT molecular complexity index is 697. The molecule has 0 nitrogen and oxygen atoms in total. The average Bonchev–Trinajstić information content (AvgIpc) is 2.66. The average molecular weight is 437 g/mol. The van der Waals surface area contributed by atoms with Crippen LogP contribution < -0.4 is 10.6 Å². The quantitative estimate of drug-likeness (QED) is 0.389. The Balaban J connectivity index is 2.20. The predicted molar refractivity (Wildman–Crippen MR) is 93.1 cm³/mol. The topological polar surface area (TPSA) is 0 Å². The van der Waals surface area contributed by atoms with Crippen molar-refractivity contribution in [3.63, 3.8) is 0 Å². The van der Waals surface area contributed by atoms with Gasteiger partial charge in [0.25, 0.3) is 0 Å². The first-order valence-electron chi connectivity index (χ1n) is 7.80. The van der Waals surface area contributed by atoms with Crippen LogP contribution in [-0.2, 0) is 0 Å². The molecule has 1 aliphatic carbocycles. The van der Waals surface area contributed by atoms with Gasteiger partial charge in [0.1, 0.15) is 0 Å². The zero-order valence-corrected chi connectivity index (χ0v) is 15.6. The molecule has 134 valence electrons. The van der Waals surface area contributed by atoms with Crippen molar-refractivity contribution in [1.82, 2.24) is 0 Å². The minimum absolute atomic E-state index is 0.577. The number of rotatable bonds is 3. The molecule has 0 bridgehead atoms. The maximum absolute atomic E-state index is 14.8. The van der Waals surface area contributed by atoms with Crippen molar-refractivity contribution in [2.24, 2.45) is 0 Å². The van der Waals surface area contributed by atoms with E-state index in [1.807, 2.05) is 0 Å². The molecule has 0 saturated heterocycles. The van der Waals surface area contributed by atoms with Gasteiger partial charge in [-0.15, -0.1) is 0 Å². The SMILES string of the molecule is FC1C(F)C(F)C(P(=[Se])(c2ccccc2)c2ccccc2)C(F)C1F. The molecule has 0 spiro atoms. The molecule has 0 aliphatic heterocycles. The van der Waals surface area contributed by atoms with Crippen LogP contribution in [0.4, 0.5) is 22.0 Å². The second-order valence-corrected chi connectivity index (χ2v) is 12.6. The molecule has 25 heavy (non-hydrogen) atoms. The van der Waals surface area contributed by atoms with E-state index in [-0.39, 0.29) is 0 Å². The molecule has 4 unspecified atom stereocenters. The number of halogens is 5. The normalized spacial score (nSPS) is 33.2. The van der Waals surface area contributed by atoms with Gasteiger partial charge in [0, 0.05) is 0 Å². The van der Waals surface area contributed by atoms with Crippen LogP contribution in [0.2, 0.25) is 0 Å². The van der Waals surface area contributed by atoms with E-state index in [9.17, 15) is 22.0 Å². The zero-order valence-electron chi connectivity index (χ0n) is 13.0. The fourth-order valence-electron chi connectivity index (χ4n) is 3.27. The minimum atomic E-state index is -2.98. The van der Waals surface area contributed by atoms with Crippen molar-refractivity contribution in [1.29, 1.82) is 0 Å². The Morgan fingerprint density at radius 2 is 0.880 bits per heavy atom. The summed E-state index contributed by atoms with van der Waals surface area (Å²) in [6, 6.07) is 17.0. The van der Waals surface area contributed by atoms with Crippen molar-refractivity contribution in [2.75, 3.05) is 0 Å². The van der Waals surface area contributed by atoms with Gasteiger partial charge < -0.3 is 0 Å². The Morgan fingerprint density at radius 3 is 1.24 bits per heavy atom. The van der Waals surface area contributed by atoms with Gasteiger partial charge in [0.2, 0.25) is 0 Å². The van der Waals surface area contributed by atoms with Crippen molar-refractivity contribution in [3.05, 3.63) is 60.7 Å². The van der Waals surface area contributed by atoms with E-state index in [1.165, 1.54) is 0 Å². The summed E-state index contributed by atoms with van der Waals surface area (Å²) in [6.45, 7) is 0. The molecule has 0 N–H and O–H groups in total. The molecule has 0 amide bonds. The van der Waals surface area contributed by atoms with Gasteiger partial charge in [-0.2, -0.15) is 0 Å². The summed E-state index contributed by atoms with van der Waals surface area (Å²) < 4.78 is 71.3. The number of benzene rings is 2. The van der Waals surface area contributed by atoms with Crippen LogP contribution >= 0.6 is 5.51 Å². The third-order valence-corrected chi connectivity index (χ3v) is 12.3. The monoisotopic (exact) mass is 438 g/mol.